The SMILES string of the molecule is FC(F)(F)c1ccccc1Cc1cnc(-c2ccccc2)[nH]1. The van der Waals surface area contributed by atoms with Crippen molar-refractivity contribution in [2.75, 3.05) is 0 Å². The van der Waals surface area contributed by atoms with Crippen LogP contribution in [0, 0.1) is 0 Å². The van der Waals surface area contributed by atoms with Crippen LogP contribution in [0.1, 0.15) is 16.8 Å². The molecule has 2 aromatic carbocycles. The van der Waals surface area contributed by atoms with Crippen LogP contribution in [0.2, 0.25) is 0 Å². The minimum atomic E-state index is -4.35. The van der Waals surface area contributed by atoms with E-state index in [0.717, 1.165) is 11.6 Å². The Morgan fingerprint density at radius 3 is 2.32 bits per heavy atom. The van der Waals surface area contributed by atoms with Gasteiger partial charge in [0.05, 0.1) is 5.56 Å². The lowest BCUT2D eigenvalue weighted by atomic mass is 10.0. The molecule has 0 saturated heterocycles. The van der Waals surface area contributed by atoms with Crippen LogP contribution in [0.15, 0.2) is 60.8 Å². The third kappa shape index (κ3) is 3.03. The van der Waals surface area contributed by atoms with E-state index < -0.39 is 11.7 Å². The van der Waals surface area contributed by atoms with Gasteiger partial charge >= 0.3 is 6.18 Å². The zero-order chi connectivity index (χ0) is 15.6. The predicted octanol–water partition coefficient (Wildman–Crippen LogP) is 4.69. The molecule has 0 aliphatic rings. The average Bonchev–Trinajstić information content (AvgIpc) is 2.96. The van der Waals surface area contributed by atoms with Crippen LogP contribution >= 0.6 is 0 Å². The van der Waals surface area contributed by atoms with Gasteiger partial charge in [0.2, 0.25) is 0 Å². The van der Waals surface area contributed by atoms with Gasteiger partial charge in [-0.15, -0.1) is 0 Å². The van der Waals surface area contributed by atoms with Gasteiger partial charge in [-0.05, 0) is 11.6 Å². The highest BCUT2D eigenvalue weighted by Gasteiger charge is 2.32. The molecule has 112 valence electrons. The summed E-state index contributed by atoms with van der Waals surface area (Å²) in [4.78, 5) is 7.32. The Hall–Kier alpha value is -2.56. The summed E-state index contributed by atoms with van der Waals surface area (Å²) in [6.07, 6.45) is -2.61. The highest BCUT2D eigenvalue weighted by Crippen LogP contribution is 2.32. The molecule has 0 aliphatic heterocycles. The monoisotopic (exact) mass is 302 g/mol. The van der Waals surface area contributed by atoms with Crippen LogP contribution in [-0.4, -0.2) is 9.97 Å². The topological polar surface area (TPSA) is 28.7 Å². The average molecular weight is 302 g/mol. The molecule has 0 bridgehead atoms. The number of aromatic nitrogens is 2. The molecule has 22 heavy (non-hydrogen) atoms. The van der Waals surface area contributed by atoms with E-state index in [2.05, 4.69) is 9.97 Å². The summed E-state index contributed by atoms with van der Waals surface area (Å²) in [5, 5.41) is 0. The minimum absolute atomic E-state index is 0.162. The smallest absolute Gasteiger partial charge is 0.342 e. The van der Waals surface area contributed by atoms with Crippen molar-refractivity contribution in [1.82, 2.24) is 9.97 Å². The summed E-state index contributed by atoms with van der Waals surface area (Å²) in [5.41, 5.74) is 1.18. The van der Waals surface area contributed by atoms with E-state index in [1.54, 1.807) is 12.3 Å². The number of hydrogen-bond acceptors (Lipinski definition) is 1. The van der Waals surface area contributed by atoms with Crippen LogP contribution in [-0.2, 0) is 12.6 Å². The number of benzene rings is 2. The maximum atomic E-state index is 13.0. The van der Waals surface area contributed by atoms with Gasteiger partial charge in [-0.2, -0.15) is 13.2 Å². The van der Waals surface area contributed by atoms with Crippen molar-refractivity contribution in [2.24, 2.45) is 0 Å². The Morgan fingerprint density at radius 2 is 1.59 bits per heavy atom. The number of H-pyrrole nitrogens is 1. The molecule has 0 fully saturated rings. The Morgan fingerprint density at radius 1 is 0.909 bits per heavy atom. The van der Waals surface area contributed by atoms with Gasteiger partial charge in [-0.3, -0.25) is 0 Å². The van der Waals surface area contributed by atoms with Crippen molar-refractivity contribution in [3.63, 3.8) is 0 Å². The summed E-state index contributed by atoms with van der Waals surface area (Å²) >= 11 is 0. The first-order valence-corrected chi connectivity index (χ1v) is 6.78. The van der Waals surface area contributed by atoms with E-state index in [1.807, 2.05) is 30.3 Å². The fourth-order valence-corrected chi connectivity index (χ4v) is 2.35. The third-order valence-corrected chi connectivity index (χ3v) is 3.38. The number of imidazole rings is 1. The summed E-state index contributed by atoms with van der Waals surface area (Å²) in [5.74, 6) is 0.653. The second-order valence-electron chi connectivity index (χ2n) is 4.95. The Balaban J connectivity index is 1.88. The number of halogens is 3. The number of aromatic amines is 1. The van der Waals surface area contributed by atoms with Crippen molar-refractivity contribution in [1.29, 1.82) is 0 Å². The normalized spacial score (nSPS) is 11.6. The van der Waals surface area contributed by atoms with Crippen LogP contribution in [0.5, 0.6) is 0 Å². The Kier molecular flexibility index (Phi) is 3.71. The molecular formula is C17H13F3N2. The molecule has 3 aromatic rings. The fourth-order valence-electron chi connectivity index (χ4n) is 2.35. The lowest BCUT2D eigenvalue weighted by Gasteiger charge is -2.11. The molecule has 1 N–H and O–H groups in total. The number of hydrogen-bond donors (Lipinski definition) is 1. The number of nitrogens with zero attached hydrogens (tertiary/aromatic N) is 1. The Bertz CT molecular complexity index is 761. The molecule has 1 aromatic heterocycles. The largest absolute Gasteiger partial charge is 0.416 e. The van der Waals surface area contributed by atoms with E-state index in [0.29, 0.717) is 11.5 Å². The first kappa shape index (κ1) is 14.4. The maximum Gasteiger partial charge on any atom is 0.416 e. The van der Waals surface area contributed by atoms with Crippen LogP contribution in [0.4, 0.5) is 13.2 Å². The van der Waals surface area contributed by atoms with Crippen molar-refractivity contribution >= 4 is 0 Å². The molecule has 1 heterocycles. The van der Waals surface area contributed by atoms with Gasteiger partial charge < -0.3 is 4.98 Å². The molecule has 0 unspecified atom stereocenters. The molecule has 0 aliphatic carbocycles. The van der Waals surface area contributed by atoms with Gasteiger partial charge in [0.1, 0.15) is 5.82 Å². The molecule has 0 atom stereocenters. The molecule has 3 rings (SSSR count). The quantitative estimate of drug-likeness (QED) is 0.747. The molecule has 5 heteroatoms. The van der Waals surface area contributed by atoms with E-state index in [4.69, 9.17) is 0 Å². The minimum Gasteiger partial charge on any atom is -0.342 e. The maximum absolute atomic E-state index is 13.0. The lowest BCUT2D eigenvalue weighted by Crippen LogP contribution is -2.09. The zero-order valence-electron chi connectivity index (χ0n) is 11.6. The first-order valence-electron chi connectivity index (χ1n) is 6.78. The zero-order valence-corrected chi connectivity index (χ0v) is 11.6. The van der Waals surface area contributed by atoms with Crippen molar-refractivity contribution in [3.8, 4) is 11.4 Å². The van der Waals surface area contributed by atoms with E-state index in [1.165, 1.54) is 12.1 Å². The molecule has 2 nitrogen and oxygen atoms in total. The van der Waals surface area contributed by atoms with Gasteiger partial charge in [0.25, 0.3) is 0 Å². The molecule has 0 amide bonds. The van der Waals surface area contributed by atoms with Crippen LogP contribution in [0.3, 0.4) is 0 Å². The van der Waals surface area contributed by atoms with E-state index >= 15 is 0 Å². The number of rotatable bonds is 3. The van der Waals surface area contributed by atoms with Gasteiger partial charge in [0.15, 0.2) is 0 Å². The van der Waals surface area contributed by atoms with Gasteiger partial charge in [-0.25, -0.2) is 4.98 Å². The second-order valence-corrected chi connectivity index (χ2v) is 4.95. The molecule has 0 saturated carbocycles. The fraction of sp³-hybridized carbons (Fsp3) is 0.118. The van der Waals surface area contributed by atoms with Crippen molar-refractivity contribution in [2.45, 2.75) is 12.6 Å². The van der Waals surface area contributed by atoms with E-state index in [9.17, 15) is 13.2 Å². The molecular weight excluding hydrogens is 289 g/mol. The molecule has 0 radical (unpaired) electrons. The van der Waals surface area contributed by atoms with Crippen LogP contribution in [0.25, 0.3) is 11.4 Å². The predicted molar refractivity (Wildman–Crippen MR) is 78.3 cm³/mol. The highest BCUT2D eigenvalue weighted by molar-refractivity contribution is 5.54. The van der Waals surface area contributed by atoms with Gasteiger partial charge in [-0.1, -0.05) is 48.5 Å². The number of alkyl halides is 3. The highest BCUT2D eigenvalue weighted by atomic mass is 19.4. The second kappa shape index (κ2) is 5.67. The van der Waals surface area contributed by atoms with Gasteiger partial charge in [0, 0.05) is 23.9 Å². The van der Waals surface area contributed by atoms with E-state index in [-0.39, 0.29) is 12.0 Å². The van der Waals surface area contributed by atoms with Crippen molar-refractivity contribution in [3.05, 3.63) is 77.6 Å². The standard InChI is InChI=1S/C17H13F3N2/c18-17(19,20)15-9-5-4-8-13(15)10-14-11-21-16(22-14)12-6-2-1-3-7-12/h1-9,11H,10H2,(H,21,22). The summed E-state index contributed by atoms with van der Waals surface area (Å²) in [7, 11) is 0. The summed E-state index contributed by atoms with van der Waals surface area (Å²) in [6, 6.07) is 15.1. The third-order valence-electron chi connectivity index (χ3n) is 3.38. The summed E-state index contributed by atoms with van der Waals surface area (Å²) in [6.45, 7) is 0. The lowest BCUT2D eigenvalue weighted by molar-refractivity contribution is -0.138. The number of nitrogens with one attached hydrogen (secondary N) is 1. The Labute approximate surface area is 125 Å². The summed E-state index contributed by atoms with van der Waals surface area (Å²) < 4.78 is 39.0. The first-order chi connectivity index (χ1) is 10.5. The molecule has 0 spiro atoms. The van der Waals surface area contributed by atoms with Crippen LogP contribution < -0.4 is 0 Å². The van der Waals surface area contributed by atoms with Crippen molar-refractivity contribution < 1.29 is 13.2 Å².